The monoisotopic (exact) mass is 410 g/mol. The summed E-state index contributed by atoms with van der Waals surface area (Å²) in [4.78, 5) is 34.1. The molecule has 0 fully saturated rings. The summed E-state index contributed by atoms with van der Waals surface area (Å²) in [7, 11) is 0. The molecule has 0 rings (SSSR count). The van der Waals surface area contributed by atoms with Crippen molar-refractivity contribution in [3.63, 3.8) is 0 Å². The van der Waals surface area contributed by atoms with Gasteiger partial charge in [0.25, 0.3) is 0 Å². The van der Waals surface area contributed by atoms with Gasteiger partial charge in [0.15, 0.2) is 5.60 Å². The Bertz CT molecular complexity index is 455. The van der Waals surface area contributed by atoms with Gasteiger partial charge in [-0.15, -0.1) is 0 Å². The van der Waals surface area contributed by atoms with Gasteiger partial charge in [0.05, 0.1) is 32.8 Å². The largest absolute Gasteiger partial charge is 0.481 e. The van der Waals surface area contributed by atoms with Gasteiger partial charge in [-0.1, -0.05) is 13.8 Å². The number of hydrogen-bond acceptors (Lipinski definition) is 7. The Labute approximate surface area is 165 Å². The van der Waals surface area contributed by atoms with Crippen molar-refractivity contribution < 1.29 is 49.0 Å². The van der Waals surface area contributed by atoms with Crippen LogP contribution in [0, 0.1) is 5.41 Å². The van der Waals surface area contributed by atoms with Crippen molar-refractivity contribution in [1.82, 2.24) is 0 Å². The number of carboxylic acids is 3. The second-order valence-corrected chi connectivity index (χ2v) is 5.76. The average molecular weight is 410 g/mol. The zero-order valence-electron chi connectivity index (χ0n) is 17.1. The standard InChI is InChI=1S/C12H20O7.C6H14O3/c1-4-11(5-2,9(15)16)12(10(17)18,19-6-3)7-8(13)14;1-2-8-5-6-9-4-3-7/h4-7H2,1-3H3,(H,13,14)(H,15,16)(H,17,18);7H,2-6H2,1H3. The minimum absolute atomic E-state index is 0.0432. The lowest BCUT2D eigenvalue weighted by Gasteiger charge is -2.42. The van der Waals surface area contributed by atoms with Gasteiger partial charge in [0, 0.05) is 13.2 Å². The summed E-state index contributed by atoms with van der Waals surface area (Å²) in [5.74, 6) is -4.35. The maximum absolute atomic E-state index is 11.6. The molecule has 10 heteroatoms. The SMILES string of the molecule is CCOC(CC(=O)O)(C(=O)O)C(CC)(CC)C(=O)O.CCOCCOCCO. The summed E-state index contributed by atoms with van der Waals surface area (Å²) in [5, 5.41) is 36.0. The van der Waals surface area contributed by atoms with Crippen molar-refractivity contribution in [3.8, 4) is 0 Å². The summed E-state index contributed by atoms with van der Waals surface area (Å²) in [6, 6.07) is 0. The van der Waals surface area contributed by atoms with Crippen LogP contribution in [-0.2, 0) is 28.6 Å². The normalized spacial score (nSPS) is 13.2. The van der Waals surface area contributed by atoms with Crippen LogP contribution in [0.4, 0.5) is 0 Å². The molecule has 10 nitrogen and oxygen atoms in total. The summed E-state index contributed by atoms with van der Waals surface area (Å²) in [6.07, 6.45) is -0.985. The van der Waals surface area contributed by atoms with Gasteiger partial charge in [-0.25, -0.2) is 4.79 Å². The van der Waals surface area contributed by atoms with Gasteiger partial charge >= 0.3 is 17.9 Å². The first-order valence-corrected chi connectivity index (χ1v) is 9.24. The van der Waals surface area contributed by atoms with Crippen molar-refractivity contribution in [2.75, 3.05) is 39.6 Å². The molecule has 28 heavy (non-hydrogen) atoms. The Morgan fingerprint density at radius 3 is 1.64 bits per heavy atom. The Hall–Kier alpha value is -1.75. The number of rotatable bonds is 15. The second kappa shape index (κ2) is 15.2. The second-order valence-electron chi connectivity index (χ2n) is 5.76. The third-order valence-corrected chi connectivity index (χ3v) is 4.34. The average Bonchev–Trinajstić information content (AvgIpc) is 2.62. The molecule has 0 aromatic heterocycles. The van der Waals surface area contributed by atoms with E-state index >= 15 is 0 Å². The quantitative estimate of drug-likeness (QED) is 0.289. The Morgan fingerprint density at radius 1 is 0.786 bits per heavy atom. The molecule has 0 aliphatic rings. The highest BCUT2D eigenvalue weighted by atomic mass is 16.5. The van der Waals surface area contributed by atoms with Crippen molar-refractivity contribution in [2.24, 2.45) is 5.41 Å². The van der Waals surface area contributed by atoms with Gasteiger partial charge in [-0.3, -0.25) is 9.59 Å². The zero-order chi connectivity index (χ0) is 22.2. The molecule has 0 spiro atoms. The third kappa shape index (κ3) is 8.09. The van der Waals surface area contributed by atoms with Crippen LogP contribution in [0.15, 0.2) is 0 Å². The molecule has 4 N–H and O–H groups in total. The number of carbonyl (C=O) groups is 3. The molecule has 0 saturated carbocycles. The molecule has 0 radical (unpaired) electrons. The molecule has 0 aliphatic carbocycles. The molecule has 1 unspecified atom stereocenters. The first-order valence-electron chi connectivity index (χ1n) is 9.24. The van der Waals surface area contributed by atoms with Crippen LogP contribution in [0.3, 0.4) is 0 Å². The van der Waals surface area contributed by atoms with Crippen molar-refractivity contribution in [2.45, 2.75) is 52.6 Å². The number of ether oxygens (including phenoxy) is 3. The molecule has 1 atom stereocenters. The molecular weight excluding hydrogens is 376 g/mol. The van der Waals surface area contributed by atoms with E-state index in [4.69, 9.17) is 24.4 Å². The van der Waals surface area contributed by atoms with Crippen LogP contribution in [0.25, 0.3) is 0 Å². The summed E-state index contributed by atoms with van der Waals surface area (Å²) < 4.78 is 15.0. The Balaban J connectivity index is 0. The van der Waals surface area contributed by atoms with Crippen molar-refractivity contribution >= 4 is 17.9 Å². The van der Waals surface area contributed by atoms with Crippen LogP contribution in [-0.4, -0.2) is 83.6 Å². The van der Waals surface area contributed by atoms with Gasteiger partial charge < -0.3 is 34.6 Å². The number of aliphatic hydroxyl groups excluding tert-OH is 1. The predicted molar refractivity (Wildman–Crippen MR) is 99.3 cm³/mol. The molecule has 0 aromatic carbocycles. The lowest BCUT2D eigenvalue weighted by molar-refractivity contribution is -0.205. The van der Waals surface area contributed by atoms with Gasteiger partial charge in [-0.2, -0.15) is 0 Å². The Kier molecular flexibility index (Phi) is 15.5. The summed E-state index contributed by atoms with van der Waals surface area (Å²) >= 11 is 0. The lowest BCUT2D eigenvalue weighted by atomic mass is 9.66. The van der Waals surface area contributed by atoms with E-state index in [1.807, 2.05) is 6.92 Å². The number of aliphatic hydroxyl groups is 1. The van der Waals surface area contributed by atoms with E-state index in [9.17, 15) is 24.6 Å². The number of carboxylic acid groups (broad SMARTS) is 3. The van der Waals surface area contributed by atoms with E-state index < -0.39 is 35.3 Å². The molecule has 0 heterocycles. The van der Waals surface area contributed by atoms with Crippen molar-refractivity contribution in [3.05, 3.63) is 0 Å². The molecule has 0 aromatic rings. The molecular formula is C18H34O10. The molecule has 166 valence electrons. The van der Waals surface area contributed by atoms with Gasteiger partial charge in [0.1, 0.15) is 5.41 Å². The summed E-state index contributed by atoms with van der Waals surface area (Å²) in [6.45, 7) is 8.79. The molecule has 0 aliphatic heterocycles. The third-order valence-electron chi connectivity index (χ3n) is 4.34. The maximum atomic E-state index is 11.6. The van der Waals surface area contributed by atoms with Crippen LogP contribution in [0.5, 0.6) is 0 Å². The first-order chi connectivity index (χ1) is 13.1. The van der Waals surface area contributed by atoms with E-state index in [1.54, 1.807) is 0 Å². The molecule has 0 saturated heterocycles. The maximum Gasteiger partial charge on any atom is 0.337 e. The van der Waals surface area contributed by atoms with E-state index in [0.29, 0.717) is 19.8 Å². The highest BCUT2D eigenvalue weighted by Gasteiger charge is 2.61. The van der Waals surface area contributed by atoms with Crippen LogP contribution >= 0.6 is 0 Å². The fraction of sp³-hybridized carbons (Fsp3) is 0.833. The fourth-order valence-electron chi connectivity index (χ4n) is 2.88. The smallest absolute Gasteiger partial charge is 0.337 e. The lowest BCUT2D eigenvalue weighted by Crippen LogP contribution is -2.60. The molecule has 0 amide bonds. The van der Waals surface area contributed by atoms with E-state index in [1.165, 1.54) is 20.8 Å². The van der Waals surface area contributed by atoms with Gasteiger partial charge in [0.2, 0.25) is 0 Å². The van der Waals surface area contributed by atoms with E-state index in [0.717, 1.165) is 6.61 Å². The highest BCUT2D eigenvalue weighted by Crippen LogP contribution is 2.44. The topological polar surface area (TPSA) is 160 Å². The molecule has 0 bridgehead atoms. The summed E-state index contributed by atoms with van der Waals surface area (Å²) in [5.41, 5.74) is -4.06. The van der Waals surface area contributed by atoms with Crippen molar-refractivity contribution in [1.29, 1.82) is 0 Å². The van der Waals surface area contributed by atoms with Gasteiger partial charge in [-0.05, 0) is 26.7 Å². The number of aliphatic carboxylic acids is 3. The predicted octanol–water partition coefficient (Wildman–Crippen LogP) is 1.24. The van der Waals surface area contributed by atoms with E-state index in [2.05, 4.69) is 0 Å². The Morgan fingerprint density at radius 2 is 1.32 bits per heavy atom. The minimum Gasteiger partial charge on any atom is -0.481 e. The zero-order valence-corrected chi connectivity index (χ0v) is 17.1. The van der Waals surface area contributed by atoms with Crippen LogP contribution in [0.2, 0.25) is 0 Å². The first kappa shape index (κ1) is 28.5. The minimum atomic E-state index is -2.27. The van der Waals surface area contributed by atoms with Crippen LogP contribution in [0.1, 0.15) is 47.0 Å². The fourth-order valence-corrected chi connectivity index (χ4v) is 2.88. The van der Waals surface area contributed by atoms with E-state index in [-0.39, 0.29) is 26.1 Å². The number of hydrogen-bond donors (Lipinski definition) is 4. The van der Waals surface area contributed by atoms with Crippen LogP contribution < -0.4 is 0 Å². The highest BCUT2D eigenvalue weighted by molar-refractivity contribution is 5.92.